The highest BCUT2D eigenvalue weighted by molar-refractivity contribution is 7.17. The van der Waals surface area contributed by atoms with Crippen molar-refractivity contribution in [2.75, 3.05) is 0 Å². The summed E-state index contributed by atoms with van der Waals surface area (Å²) < 4.78 is 10.8. The minimum absolute atomic E-state index is 0.154. The van der Waals surface area contributed by atoms with Crippen LogP contribution in [0, 0.1) is 0 Å². The minimum Gasteiger partial charge on any atom is -0.491 e. The van der Waals surface area contributed by atoms with Gasteiger partial charge in [0.25, 0.3) is 0 Å². The molecule has 0 spiro atoms. The third-order valence-electron chi connectivity index (χ3n) is 2.65. The predicted molar refractivity (Wildman–Crippen MR) is 78.8 cm³/mol. The Morgan fingerprint density at radius 1 is 1.10 bits per heavy atom. The first-order chi connectivity index (χ1) is 9.72. The Morgan fingerprint density at radius 3 is 2.60 bits per heavy atom. The van der Waals surface area contributed by atoms with Crippen molar-refractivity contribution in [3.63, 3.8) is 0 Å². The first-order valence-corrected chi connectivity index (χ1v) is 7.17. The Labute approximate surface area is 121 Å². The Bertz CT molecular complexity index is 689. The maximum absolute atomic E-state index is 5.70. The molecule has 0 saturated carbocycles. The van der Waals surface area contributed by atoms with Crippen LogP contribution in [0.2, 0.25) is 0 Å². The topological polar surface area (TPSA) is 48.2 Å². The average Bonchev–Trinajstić information content (AvgIpc) is 3.09. The zero-order valence-corrected chi connectivity index (χ0v) is 12.1. The molecule has 102 valence electrons. The van der Waals surface area contributed by atoms with Gasteiger partial charge in [-0.1, -0.05) is 23.5 Å². The molecule has 1 aromatic carbocycles. The minimum atomic E-state index is 0.154. The number of hydrogen-bond acceptors (Lipinski definition) is 5. The fourth-order valence-corrected chi connectivity index (χ4v) is 2.64. The second-order valence-corrected chi connectivity index (χ2v) is 5.60. The molecule has 4 nitrogen and oxygen atoms in total. The van der Waals surface area contributed by atoms with Gasteiger partial charge in [-0.25, -0.2) is 0 Å². The molecule has 3 aromatic rings. The van der Waals surface area contributed by atoms with E-state index in [1.165, 1.54) is 11.3 Å². The SMILES string of the molecule is CC(C)Oc1cccc(-c2nnc(-c3ccoc3)s2)c1. The summed E-state index contributed by atoms with van der Waals surface area (Å²) in [5.41, 5.74) is 1.96. The fraction of sp³-hybridized carbons (Fsp3) is 0.200. The van der Waals surface area contributed by atoms with Crippen LogP contribution < -0.4 is 4.74 Å². The molecular weight excluding hydrogens is 272 g/mol. The van der Waals surface area contributed by atoms with Crippen molar-refractivity contribution in [1.29, 1.82) is 0 Å². The molecule has 0 bridgehead atoms. The van der Waals surface area contributed by atoms with E-state index in [9.17, 15) is 0 Å². The van der Waals surface area contributed by atoms with Crippen LogP contribution in [-0.2, 0) is 0 Å². The summed E-state index contributed by atoms with van der Waals surface area (Å²) in [6.45, 7) is 4.02. The number of rotatable bonds is 4. The van der Waals surface area contributed by atoms with E-state index >= 15 is 0 Å². The van der Waals surface area contributed by atoms with E-state index in [1.54, 1.807) is 12.5 Å². The van der Waals surface area contributed by atoms with Crippen molar-refractivity contribution >= 4 is 11.3 Å². The van der Waals surface area contributed by atoms with E-state index < -0.39 is 0 Å². The molecule has 0 aliphatic rings. The molecule has 5 heteroatoms. The first kappa shape index (κ1) is 12.9. The largest absolute Gasteiger partial charge is 0.491 e. The van der Waals surface area contributed by atoms with Gasteiger partial charge >= 0.3 is 0 Å². The van der Waals surface area contributed by atoms with E-state index in [0.29, 0.717) is 0 Å². The summed E-state index contributed by atoms with van der Waals surface area (Å²) in [5, 5.41) is 10.1. The lowest BCUT2D eigenvalue weighted by Crippen LogP contribution is -2.05. The number of benzene rings is 1. The Kier molecular flexibility index (Phi) is 3.52. The summed E-state index contributed by atoms with van der Waals surface area (Å²) in [5.74, 6) is 0.845. The average molecular weight is 286 g/mol. The summed E-state index contributed by atoms with van der Waals surface area (Å²) in [7, 11) is 0. The Morgan fingerprint density at radius 2 is 1.90 bits per heavy atom. The number of hydrogen-bond donors (Lipinski definition) is 0. The van der Waals surface area contributed by atoms with Crippen LogP contribution in [0.15, 0.2) is 47.3 Å². The van der Waals surface area contributed by atoms with Gasteiger partial charge < -0.3 is 9.15 Å². The van der Waals surface area contributed by atoms with Gasteiger partial charge in [0.05, 0.1) is 17.9 Å². The van der Waals surface area contributed by atoms with Gasteiger partial charge in [0, 0.05) is 5.56 Å². The van der Waals surface area contributed by atoms with E-state index in [1.807, 2.05) is 44.2 Å². The lowest BCUT2D eigenvalue weighted by molar-refractivity contribution is 0.242. The van der Waals surface area contributed by atoms with Crippen LogP contribution in [0.4, 0.5) is 0 Å². The van der Waals surface area contributed by atoms with E-state index in [4.69, 9.17) is 9.15 Å². The molecule has 0 unspecified atom stereocenters. The zero-order valence-electron chi connectivity index (χ0n) is 11.2. The Balaban J connectivity index is 1.89. The highest BCUT2D eigenvalue weighted by atomic mass is 32.1. The highest BCUT2D eigenvalue weighted by Crippen LogP contribution is 2.31. The molecule has 2 heterocycles. The molecule has 0 amide bonds. The highest BCUT2D eigenvalue weighted by Gasteiger charge is 2.10. The van der Waals surface area contributed by atoms with Crippen molar-refractivity contribution in [2.45, 2.75) is 20.0 Å². The molecule has 2 aromatic heterocycles. The molecular formula is C15H14N2O2S. The quantitative estimate of drug-likeness (QED) is 0.719. The molecule has 0 atom stereocenters. The second-order valence-electron chi connectivity index (χ2n) is 4.62. The molecule has 0 fully saturated rings. The third kappa shape index (κ3) is 2.72. The van der Waals surface area contributed by atoms with Crippen LogP contribution in [0.1, 0.15) is 13.8 Å². The van der Waals surface area contributed by atoms with Crippen LogP contribution in [0.5, 0.6) is 5.75 Å². The third-order valence-corrected chi connectivity index (χ3v) is 3.67. The predicted octanol–water partition coefficient (Wildman–Crippen LogP) is 4.25. The van der Waals surface area contributed by atoms with Crippen molar-refractivity contribution in [1.82, 2.24) is 10.2 Å². The lowest BCUT2D eigenvalue weighted by Gasteiger charge is -2.09. The standard InChI is InChI=1S/C15H14N2O2S/c1-10(2)19-13-5-3-4-11(8-13)14-16-17-15(20-14)12-6-7-18-9-12/h3-10H,1-2H3. The van der Waals surface area contributed by atoms with Gasteiger partial charge in [0.15, 0.2) is 5.01 Å². The molecule has 0 saturated heterocycles. The van der Waals surface area contributed by atoms with Crippen LogP contribution in [0.3, 0.4) is 0 Å². The summed E-state index contributed by atoms with van der Waals surface area (Å²) in [4.78, 5) is 0. The molecule has 0 radical (unpaired) electrons. The van der Waals surface area contributed by atoms with Crippen LogP contribution in [-0.4, -0.2) is 16.3 Å². The molecule has 0 aliphatic heterocycles. The zero-order chi connectivity index (χ0) is 13.9. The molecule has 0 N–H and O–H groups in total. The van der Waals surface area contributed by atoms with Crippen molar-refractivity contribution in [2.24, 2.45) is 0 Å². The first-order valence-electron chi connectivity index (χ1n) is 6.35. The smallest absolute Gasteiger partial charge is 0.151 e. The van der Waals surface area contributed by atoms with Crippen LogP contribution >= 0.6 is 11.3 Å². The maximum Gasteiger partial charge on any atom is 0.151 e. The number of ether oxygens (including phenoxy) is 1. The van der Waals surface area contributed by atoms with Gasteiger partial charge in [-0.3, -0.25) is 0 Å². The Hall–Kier alpha value is -2.14. The maximum atomic E-state index is 5.70. The van der Waals surface area contributed by atoms with Crippen LogP contribution in [0.25, 0.3) is 21.1 Å². The van der Waals surface area contributed by atoms with Crippen molar-refractivity contribution in [3.05, 3.63) is 42.9 Å². The lowest BCUT2D eigenvalue weighted by atomic mass is 10.2. The van der Waals surface area contributed by atoms with Crippen molar-refractivity contribution < 1.29 is 9.15 Å². The van der Waals surface area contributed by atoms with Gasteiger partial charge in [-0.05, 0) is 32.0 Å². The van der Waals surface area contributed by atoms with E-state index in [-0.39, 0.29) is 6.10 Å². The summed E-state index contributed by atoms with van der Waals surface area (Å²) in [6, 6.07) is 9.78. The van der Waals surface area contributed by atoms with Gasteiger partial charge in [0.2, 0.25) is 0 Å². The molecule has 20 heavy (non-hydrogen) atoms. The normalized spacial score (nSPS) is 10.9. The summed E-state index contributed by atoms with van der Waals surface area (Å²) >= 11 is 1.53. The summed E-state index contributed by atoms with van der Waals surface area (Å²) in [6.07, 6.45) is 3.46. The second kappa shape index (κ2) is 5.46. The number of aromatic nitrogens is 2. The van der Waals surface area contributed by atoms with Gasteiger partial charge in [0.1, 0.15) is 17.0 Å². The number of furan rings is 1. The van der Waals surface area contributed by atoms with E-state index in [0.717, 1.165) is 26.9 Å². The molecule has 0 aliphatic carbocycles. The monoisotopic (exact) mass is 286 g/mol. The number of nitrogens with zero attached hydrogens (tertiary/aromatic N) is 2. The van der Waals surface area contributed by atoms with Gasteiger partial charge in [-0.15, -0.1) is 10.2 Å². The van der Waals surface area contributed by atoms with Crippen molar-refractivity contribution in [3.8, 4) is 26.9 Å². The molecule has 3 rings (SSSR count). The van der Waals surface area contributed by atoms with Gasteiger partial charge in [-0.2, -0.15) is 0 Å². The fourth-order valence-electron chi connectivity index (χ4n) is 1.82. The van der Waals surface area contributed by atoms with E-state index in [2.05, 4.69) is 10.2 Å².